The molecular weight excluding hydrogens is 230 g/mol. The number of ether oxygens (including phenoxy) is 2. The molecule has 0 bridgehead atoms. The molecule has 0 amide bonds. The Hall–Kier alpha value is -0.160. The van der Waals surface area contributed by atoms with Gasteiger partial charge in [-0.2, -0.15) is 0 Å². The lowest BCUT2D eigenvalue weighted by molar-refractivity contribution is -0.0129. The quantitative estimate of drug-likeness (QED) is 0.558. The topological polar surface area (TPSA) is 50.7 Å². The van der Waals surface area contributed by atoms with Crippen LogP contribution in [0.3, 0.4) is 0 Å². The Morgan fingerprint density at radius 3 is 2.22 bits per heavy atom. The van der Waals surface area contributed by atoms with Gasteiger partial charge in [0.25, 0.3) is 0 Å². The highest BCUT2D eigenvalue weighted by atomic mass is 16.5. The fourth-order valence-corrected chi connectivity index (χ4v) is 1.47. The van der Waals surface area contributed by atoms with E-state index in [-0.39, 0.29) is 17.7 Å². The van der Waals surface area contributed by atoms with Crippen LogP contribution in [0.5, 0.6) is 0 Å². The standard InChI is InChI=1S/C14H31NO3/c1-6-9-15-14(4,12-16)8-11-18-10-7-13(2,3)17-5/h15-16H,6-12H2,1-5H3. The molecule has 2 N–H and O–H groups in total. The Bertz CT molecular complexity index is 209. The summed E-state index contributed by atoms with van der Waals surface area (Å²) in [6, 6.07) is 0. The molecule has 0 saturated heterocycles. The third-order valence-electron chi connectivity index (χ3n) is 3.35. The number of hydrogen-bond acceptors (Lipinski definition) is 4. The second-order valence-electron chi connectivity index (χ2n) is 5.72. The predicted octanol–water partition coefficient (Wildman–Crippen LogP) is 1.96. The van der Waals surface area contributed by atoms with E-state index < -0.39 is 0 Å². The van der Waals surface area contributed by atoms with Gasteiger partial charge in [-0.1, -0.05) is 6.92 Å². The SMILES string of the molecule is CCCNC(C)(CO)CCOCCC(C)(C)OC. The normalized spacial score (nSPS) is 15.7. The number of nitrogens with one attached hydrogen (secondary N) is 1. The summed E-state index contributed by atoms with van der Waals surface area (Å²) in [5.74, 6) is 0. The van der Waals surface area contributed by atoms with Crippen molar-refractivity contribution in [1.29, 1.82) is 0 Å². The van der Waals surface area contributed by atoms with Gasteiger partial charge < -0.3 is 19.9 Å². The van der Waals surface area contributed by atoms with Crippen molar-refractivity contribution >= 4 is 0 Å². The molecule has 0 heterocycles. The van der Waals surface area contributed by atoms with Crippen LogP contribution in [0.2, 0.25) is 0 Å². The molecule has 0 saturated carbocycles. The average molecular weight is 261 g/mol. The van der Waals surface area contributed by atoms with Gasteiger partial charge in [0.2, 0.25) is 0 Å². The maximum atomic E-state index is 9.40. The smallest absolute Gasteiger partial charge is 0.0644 e. The summed E-state index contributed by atoms with van der Waals surface area (Å²) in [6.07, 6.45) is 2.76. The minimum absolute atomic E-state index is 0.124. The Morgan fingerprint density at radius 1 is 1.11 bits per heavy atom. The summed E-state index contributed by atoms with van der Waals surface area (Å²) in [7, 11) is 1.72. The van der Waals surface area contributed by atoms with Crippen molar-refractivity contribution in [2.45, 2.75) is 58.1 Å². The monoisotopic (exact) mass is 261 g/mol. The summed E-state index contributed by atoms with van der Waals surface area (Å²) in [6.45, 7) is 10.7. The van der Waals surface area contributed by atoms with Crippen LogP contribution in [0.4, 0.5) is 0 Å². The molecule has 0 aromatic carbocycles. The van der Waals surface area contributed by atoms with E-state index in [4.69, 9.17) is 9.47 Å². The van der Waals surface area contributed by atoms with E-state index >= 15 is 0 Å². The lowest BCUT2D eigenvalue weighted by Gasteiger charge is -2.29. The average Bonchev–Trinajstić information content (AvgIpc) is 2.36. The summed E-state index contributed by atoms with van der Waals surface area (Å²) in [5, 5.41) is 12.8. The highest BCUT2D eigenvalue weighted by molar-refractivity contribution is 4.81. The molecule has 0 fully saturated rings. The molecule has 0 aliphatic rings. The van der Waals surface area contributed by atoms with E-state index in [1.165, 1.54) is 0 Å². The first-order valence-corrected chi connectivity index (χ1v) is 6.88. The van der Waals surface area contributed by atoms with Crippen LogP contribution in [-0.2, 0) is 9.47 Å². The molecule has 0 aliphatic carbocycles. The van der Waals surface area contributed by atoms with Gasteiger partial charge in [0.05, 0.1) is 12.2 Å². The van der Waals surface area contributed by atoms with Gasteiger partial charge in [-0.3, -0.25) is 0 Å². The highest BCUT2D eigenvalue weighted by Gasteiger charge is 2.22. The van der Waals surface area contributed by atoms with Gasteiger partial charge in [0.1, 0.15) is 0 Å². The largest absolute Gasteiger partial charge is 0.394 e. The first-order valence-electron chi connectivity index (χ1n) is 6.88. The first kappa shape index (κ1) is 17.8. The molecule has 0 radical (unpaired) electrons. The molecule has 0 aromatic rings. The van der Waals surface area contributed by atoms with Crippen molar-refractivity contribution < 1.29 is 14.6 Å². The van der Waals surface area contributed by atoms with Crippen molar-refractivity contribution in [3.63, 3.8) is 0 Å². The number of hydrogen-bond donors (Lipinski definition) is 2. The zero-order chi connectivity index (χ0) is 14.1. The molecular formula is C14H31NO3. The molecule has 18 heavy (non-hydrogen) atoms. The van der Waals surface area contributed by atoms with Gasteiger partial charge in [-0.05, 0) is 46.6 Å². The fraction of sp³-hybridized carbons (Fsp3) is 1.00. The zero-order valence-electron chi connectivity index (χ0n) is 12.7. The van der Waals surface area contributed by atoms with Crippen LogP contribution in [0.1, 0.15) is 47.0 Å². The Balaban J connectivity index is 3.74. The minimum atomic E-state index is -0.229. The van der Waals surface area contributed by atoms with Gasteiger partial charge in [-0.25, -0.2) is 0 Å². The van der Waals surface area contributed by atoms with Crippen LogP contribution >= 0.6 is 0 Å². The van der Waals surface area contributed by atoms with Crippen LogP contribution in [-0.4, -0.2) is 49.7 Å². The molecule has 4 heteroatoms. The van der Waals surface area contributed by atoms with Crippen molar-refractivity contribution in [2.75, 3.05) is 33.5 Å². The Kier molecular flexibility index (Phi) is 8.78. The van der Waals surface area contributed by atoms with Crippen LogP contribution < -0.4 is 5.32 Å². The summed E-state index contributed by atoms with van der Waals surface area (Å²) in [4.78, 5) is 0. The van der Waals surface area contributed by atoms with Crippen LogP contribution in [0, 0.1) is 0 Å². The number of aliphatic hydroxyl groups is 1. The van der Waals surface area contributed by atoms with E-state index in [1.807, 2.05) is 6.92 Å². The molecule has 0 rings (SSSR count). The summed E-state index contributed by atoms with van der Waals surface area (Å²) >= 11 is 0. The lowest BCUT2D eigenvalue weighted by atomic mass is 9.99. The van der Waals surface area contributed by atoms with Crippen LogP contribution in [0.15, 0.2) is 0 Å². The zero-order valence-corrected chi connectivity index (χ0v) is 12.7. The second-order valence-corrected chi connectivity index (χ2v) is 5.72. The second kappa shape index (κ2) is 8.86. The summed E-state index contributed by atoms with van der Waals surface area (Å²) in [5.41, 5.74) is -0.354. The van der Waals surface area contributed by atoms with E-state index in [9.17, 15) is 5.11 Å². The molecule has 0 aliphatic heterocycles. The molecule has 1 unspecified atom stereocenters. The molecule has 1 atom stereocenters. The summed E-state index contributed by atoms with van der Waals surface area (Å²) < 4.78 is 10.9. The van der Waals surface area contributed by atoms with E-state index in [0.29, 0.717) is 13.2 Å². The minimum Gasteiger partial charge on any atom is -0.394 e. The van der Waals surface area contributed by atoms with E-state index in [0.717, 1.165) is 25.8 Å². The van der Waals surface area contributed by atoms with E-state index in [2.05, 4.69) is 26.1 Å². The van der Waals surface area contributed by atoms with Gasteiger partial charge in [0.15, 0.2) is 0 Å². The highest BCUT2D eigenvalue weighted by Crippen LogP contribution is 2.13. The van der Waals surface area contributed by atoms with Crippen molar-refractivity contribution in [1.82, 2.24) is 5.32 Å². The maximum absolute atomic E-state index is 9.40. The van der Waals surface area contributed by atoms with Crippen molar-refractivity contribution in [2.24, 2.45) is 0 Å². The third kappa shape index (κ3) is 8.03. The van der Waals surface area contributed by atoms with Crippen LogP contribution in [0.25, 0.3) is 0 Å². The van der Waals surface area contributed by atoms with Crippen molar-refractivity contribution in [3.8, 4) is 0 Å². The number of aliphatic hydroxyl groups excluding tert-OH is 1. The van der Waals surface area contributed by atoms with Gasteiger partial charge in [-0.15, -0.1) is 0 Å². The Labute approximate surface area is 112 Å². The fourth-order valence-electron chi connectivity index (χ4n) is 1.47. The Morgan fingerprint density at radius 2 is 1.72 bits per heavy atom. The number of methoxy groups -OCH3 is 1. The molecule has 0 spiro atoms. The maximum Gasteiger partial charge on any atom is 0.0644 e. The van der Waals surface area contributed by atoms with Crippen molar-refractivity contribution in [3.05, 3.63) is 0 Å². The molecule has 0 aromatic heterocycles. The first-order chi connectivity index (χ1) is 8.39. The van der Waals surface area contributed by atoms with E-state index in [1.54, 1.807) is 7.11 Å². The predicted molar refractivity (Wildman–Crippen MR) is 74.9 cm³/mol. The third-order valence-corrected chi connectivity index (χ3v) is 3.35. The molecule has 4 nitrogen and oxygen atoms in total. The number of rotatable bonds is 11. The van der Waals surface area contributed by atoms with Gasteiger partial charge >= 0.3 is 0 Å². The molecule has 110 valence electrons. The van der Waals surface area contributed by atoms with Gasteiger partial charge in [0, 0.05) is 25.9 Å². The lowest BCUT2D eigenvalue weighted by Crippen LogP contribution is -2.47.